The molecule has 1 nitrogen and oxygen atoms in total. The molecule has 1 heterocycles. The first-order chi connectivity index (χ1) is 7.84. The predicted molar refractivity (Wildman–Crippen MR) is 82.5 cm³/mol. The Morgan fingerprint density at radius 1 is 1.06 bits per heavy atom. The lowest BCUT2D eigenvalue weighted by molar-refractivity contribution is 0.177. The Hall–Kier alpha value is -0.525. The van der Waals surface area contributed by atoms with Crippen molar-refractivity contribution in [3.8, 4) is 0 Å². The summed E-state index contributed by atoms with van der Waals surface area (Å²) in [5, 5.41) is 0. The molecule has 0 aromatic rings. The highest BCUT2D eigenvalue weighted by molar-refractivity contribution is 6.72. The Morgan fingerprint density at radius 2 is 1.47 bits per heavy atom. The zero-order chi connectivity index (χ0) is 13.7. The van der Waals surface area contributed by atoms with Gasteiger partial charge in [-0.3, -0.25) is 4.99 Å². The second kappa shape index (κ2) is 6.42. The fourth-order valence-corrected chi connectivity index (χ4v) is 2.66. The molecular formula is C15H30BN. The summed E-state index contributed by atoms with van der Waals surface area (Å²) < 4.78 is 0. The molecule has 0 unspecified atom stereocenters. The molecular weight excluding hydrogens is 205 g/mol. The maximum absolute atomic E-state index is 4.15. The lowest BCUT2D eigenvalue weighted by Crippen LogP contribution is -2.24. The smallest absolute Gasteiger partial charge is 0.178 e. The average Bonchev–Trinajstić information content (AvgIpc) is 2.47. The molecule has 2 heteroatoms. The van der Waals surface area contributed by atoms with E-state index in [4.69, 9.17) is 0 Å². The van der Waals surface area contributed by atoms with Crippen LogP contribution in [0, 0.1) is 10.8 Å². The maximum Gasteiger partial charge on any atom is 0.178 e. The summed E-state index contributed by atoms with van der Waals surface area (Å²) in [5.74, 6) is 0. The fourth-order valence-electron chi connectivity index (χ4n) is 2.66. The molecule has 0 N–H and O–H groups in total. The van der Waals surface area contributed by atoms with Gasteiger partial charge in [0.15, 0.2) is 6.71 Å². The summed E-state index contributed by atoms with van der Waals surface area (Å²) in [6.45, 7) is 16.4. The highest BCUT2D eigenvalue weighted by Crippen LogP contribution is 2.53. The molecule has 98 valence electrons. The molecule has 1 rings (SSSR count). The van der Waals surface area contributed by atoms with Gasteiger partial charge >= 0.3 is 0 Å². The predicted octanol–water partition coefficient (Wildman–Crippen LogP) is 4.76. The van der Waals surface area contributed by atoms with Crippen molar-refractivity contribution in [2.24, 2.45) is 15.8 Å². The third-order valence-electron chi connectivity index (χ3n) is 4.43. The molecule has 0 saturated carbocycles. The van der Waals surface area contributed by atoms with Gasteiger partial charge in [0.05, 0.1) is 0 Å². The molecule has 0 bridgehead atoms. The Kier molecular flexibility index (Phi) is 6.22. The summed E-state index contributed by atoms with van der Waals surface area (Å²) in [4.78, 5) is 4.15. The van der Waals surface area contributed by atoms with Crippen molar-refractivity contribution in [1.29, 1.82) is 0 Å². The van der Waals surface area contributed by atoms with Crippen molar-refractivity contribution >= 4 is 12.9 Å². The molecule has 0 amide bonds. The van der Waals surface area contributed by atoms with Crippen LogP contribution in [0.5, 0.6) is 0 Å². The Bertz CT molecular complexity index is 271. The van der Waals surface area contributed by atoms with Crippen LogP contribution in [0.3, 0.4) is 0 Å². The highest BCUT2D eigenvalue weighted by Gasteiger charge is 2.48. The molecule has 1 saturated heterocycles. The lowest BCUT2D eigenvalue weighted by atomic mass is 9.41. The van der Waals surface area contributed by atoms with Gasteiger partial charge in [0, 0.05) is 13.3 Å². The van der Waals surface area contributed by atoms with E-state index in [9.17, 15) is 0 Å². The SMILES string of the molecule is C/C=C(\C=NC)B1CC(C)(C)C(C)(C)C1.CC. The molecule has 0 atom stereocenters. The van der Waals surface area contributed by atoms with Crippen LogP contribution < -0.4 is 0 Å². The zero-order valence-electron chi connectivity index (χ0n) is 13.1. The molecule has 0 spiro atoms. The summed E-state index contributed by atoms with van der Waals surface area (Å²) in [5.41, 5.74) is 2.29. The van der Waals surface area contributed by atoms with Crippen LogP contribution in [-0.2, 0) is 0 Å². The third-order valence-corrected chi connectivity index (χ3v) is 4.43. The molecule has 1 aliphatic rings. The van der Waals surface area contributed by atoms with Gasteiger partial charge in [0.1, 0.15) is 0 Å². The summed E-state index contributed by atoms with van der Waals surface area (Å²) in [6, 6.07) is 0. The first kappa shape index (κ1) is 16.5. The number of rotatable bonds is 2. The van der Waals surface area contributed by atoms with Crippen LogP contribution in [0.4, 0.5) is 0 Å². The van der Waals surface area contributed by atoms with Crippen LogP contribution in [0.25, 0.3) is 0 Å². The van der Waals surface area contributed by atoms with E-state index in [0.717, 1.165) is 0 Å². The first-order valence-corrected chi connectivity index (χ1v) is 6.92. The van der Waals surface area contributed by atoms with Gasteiger partial charge in [0.25, 0.3) is 0 Å². The molecule has 0 aromatic carbocycles. The van der Waals surface area contributed by atoms with Crippen molar-refractivity contribution < 1.29 is 0 Å². The minimum atomic E-state index is 0.438. The number of hydrogen-bond donors (Lipinski definition) is 0. The van der Waals surface area contributed by atoms with E-state index in [1.165, 1.54) is 18.1 Å². The molecule has 1 fully saturated rings. The van der Waals surface area contributed by atoms with Gasteiger partial charge in [-0.05, 0) is 17.8 Å². The van der Waals surface area contributed by atoms with E-state index < -0.39 is 0 Å². The van der Waals surface area contributed by atoms with Gasteiger partial charge in [-0.25, -0.2) is 0 Å². The Balaban J connectivity index is 0.00000121. The second-order valence-corrected chi connectivity index (χ2v) is 6.05. The second-order valence-electron chi connectivity index (χ2n) is 6.05. The third kappa shape index (κ3) is 3.72. The van der Waals surface area contributed by atoms with E-state index in [1.54, 1.807) is 0 Å². The van der Waals surface area contributed by atoms with Gasteiger partial charge in [-0.2, -0.15) is 0 Å². The Morgan fingerprint density at radius 3 is 1.76 bits per heavy atom. The molecule has 1 aliphatic heterocycles. The standard InChI is InChI=1S/C13H24BN.C2H6/c1-7-11(8-15-6)14-9-12(2,3)13(4,5)10-14;1-2/h7-8H,9-10H2,1-6H3;1-2H3/b11-7+,15-8?;. The van der Waals surface area contributed by atoms with E-state index in [0.29, 0.717) is 17.5 Å². The summed E-state index contributed by atoms with van der Waals surface area (Å²) >= 11 is 0. The van der Waals surface area contributed by atoms with Crippen LogP contribution >= 0.6 is 0 Å². The minimum Gasteiger partial charge on any atom is -0.297 e. The largest absolute Gasteiger partial charge is 0.297 e. The van der Waals surface area contributed by atoms with E-state index in [1.807, 2.05) is 27.1 Å². The summed E-state index contributed by atoms with van der Waals surface area (Å²) in [7, 11) is 1.86. The summed E-state index contributed by atoms with van der Waals surface area (Å²) in [6.07, 6.45) is 6.81. The molecule has 0 aliphatic carbocycles. The Labute approximate surface area is 109 Å². The van der Waals surface area contributed by atoms with Crippen LogP contribution in [-0.4, -0.2) is 20.0 Å². The van der Waals surface area contributed by atoms with E-state index in [-0.39, 0.29) is 0 Å². The van der Waals surface area contributed by atoms with Crippen molar-refractivity contribution in [2.75, 3.05) is 7.05 Å². The van der Waals surface area contributed by atoms with Crippen LogP contribution in [0.2, 0.25) is 12.6 Å². The van der Waals surface area contributed by atoms with Gasteiger partial charge in [-0.15, -0.1) is 0 Å². The minimum absolute atomic E-state index is 0.438. The molecule has 0 radical (unpaired) electrons. The lowest BCUT2D eigenvalue weighted by Gasteiger charge is -2.35. The maximum atomic E-state index is 4.15. The van der Waals surface area contributed by atoms with E-state index in [2.05, 4.69) is 45.7 Å². The normalized spacial score (nSPS) is 22.6. The average molecular weight is 235 g/mol. The van der Waals surface area contributed by atoms with Gasteiger partial charge in [0.2, 0.25) is 0 Å². The topological polar surface area (TPSA) is 12.4 Å². The van der Waals surface area contributed by atoms with Gasteiger partial charge < -0.3 is 0 Å². The van der Waals surface area contributed by atoms with Crippen molar-refractivity contribution in [2.45, 2.75) is 61.1 Å². The van der Waals surface area contributed by atoms with Crippen LogP contribution in [0.15, 0.2) is 16.5 Å². The van der Waals surface area contributed by atoms with E-state index >= 15 is 0 Å². The zero-order valence-corrected chi connectivity index (χ0v) is 13.1. The van der Waals surface area contributed by atoms with Crippen molar-refractivity contribution in [3.63, 3.8) is 0 Å². The fraction of sp³-hybridized carbons (Fsp3) is 0.800. The number of nitrogens with zero attached hydrogens (tertiary/aromatic N) is 1. The molecule has 0 aromatic heterocycles. The quantitative estimate of drug-likeness (QED) is 0.483. The van der Waals surface area contributed by atoms with Gasteiger partial charge in [-0.1, -0.05) is 65.7 Å². The number of allylic oxidation sites excluding steroid dienone is 2. The highest BCUT2D eigenvalue weighted by atomic mass is 14.6. The van der Waals surface area contributed by atoms with Crippen molar-refractivity contribution in [3.05, 3.63) is 11.5 Å². The number of aliphatic imine (C=N–C) groups is 1. The van der Waals surface area contributed by atoms with Crippen LogP contribution in [0.1, 0.15) is 48.5 Å². The first-order valence-electron chi connectivity index (χ1n) is 6.92. The monoisotopic (exact) mass is 235 g/mol. The van der Waals surface area contributed by atoms with Crippen molar-refractivity contribution in [1.82, 2.24) is 0 Å². The molecule has 17 heavy (non-hydrogen) atoms. The number of hydrogen-bond acceptors (Lipinski definition) is 1.